The zero-order valence-electron chi connectivity index (χ0n) is 10.1. The van der Waals surface area contributed by atoms with Crippen LogP contribution in [-0.2, 0) is 9.47 Å². The van der Waals surface area contributed by atoms with Crippen molar-refractivity contribution in [3.05, 3.63) is 0 Å². The third kappa shape index (κ3) is 8.52. The molecule has 0 aromatic rings. The number of hydrogen-bond donors (Lipinski definition) is 0. The maximum absolute atomic E-state index is 5.59. The fraction of sp³-hybridized carbons (Fsp3) is 1.00. The number of hydrogen-bond acceptors (Lipinski definition) is 2. The molecular formula is C12H26O2. The summed E-state index contributed by atoms with van der Waals surface area (Å²) in [5.41, 5.74) is 0. The number of ether oxygens (including phenoxy) is 2. The molecule has 0 bridgehead atoms. The maximum Gasteiger partial charge on any atom is 0.0572 e. The van der Waals surface area contributed by atoms with Gasteiger partial charge in [0.2, 0.25) is 0 Å². The molecule has 1 atom stereocenters. The molecule has 1 unspecified atom stereocenters. The second-order valence-electron chi connectivity index (χ2n) is 3.68. The van der Waals surface area contributed by atoms with E-state index in [1.54, 1.807) is 7.11 Å². The number of unbranched alkanes of at least 4 members (excludes halogenated alkanes) is 3. The Hall–Kier alpha value is -0.0800. The molecule has 0 saturated carbocycles. The second-order valence-corrected chi connectivity index (χ2v) is 3.68. The Morgan fingerprint density at radius 2 is 1.71 bits per heavy atom. The van der Waals surface area contributed by atoms with E-state index in [2.05, 4.69) is 13.8 Å². The van der Waals surface area contributed by atoms with E-state index >= 15 is 0 Å². The van der Waals surface area contributed by atoms with Gasteiger partial charge in [-0.2, -0.15) is 0 Å². The Morgan fingerprint density at radius 1 is 1.00 bits per heavy atom. The van der Waals surface area contributed by atoms with Crippen LogP contribution in [0.15, 0.2) is 0 Å². The largest absolute Gasteiger partial charge is 0.385 e. The third-order valence-electron chi connectivity index (χ3n) is 2.48. The molecule has 2 heteroatoms. The van der Waals surface area contributed by atoms with E-state index in [-0.39, 0.29) is 0 Å². The standard InChI is InChI=1S/C12H26O2/c1-4-12(14-5-2)10-8-6-7-9-11-13-3/h12H,4-11H2,1-3H3. The minimum Gasteiger partial charge on any atom is -0.385 e. The molecule has 0 aromatic carbocycles. The average molecular weight is 202 g/mol. The fourth-order valence-electron chi connectivity index (χ4n) is 1.61. The van der Waals surface area contributed by atoms with Crippen molar-refractivity contribution in [1.82, 2.24) is 0 Å². The number of rotatable bonds is 10. The fourth-order valence-corrected chi connectivity index (χ4v) is 1.61. The van der Waals surface area contributed by atoms with Gasteiger partial charge in [0.1, 0.15) is 0 Å². The summed E-state index contributed by atoms with van der Waals surface area (Å²) >= 11 is 0. The molecule has 0 saturated heterocycles. The Kier molecular flexibility index (Phi) is 10.9. The van der Waals surface area contributed by atoms with E-state index < -0.39 is 0 Å². The van der Waals surface area contributed by atoms with E-state index in [1.807, 2.05) is 0 Å². The molecule has 0 rings (SSSR count). The van der Waals surface area contributed by atoms with Crippen LogP contribution in [0, 0.1) is 0 Å². The minimum absolute atomic E-state index is 0.488. The zero-order valence-corrected chi connectivity index (χ0v) is 10.1. The SMILES string of the molecule is CCOC(CC)CCCCCCOC. The van der Waals surface area contributed by atoms with Crippen LogP contribution in [0.5, 0.6) is 0 Å². The normalized spacial score (nSPS) is 13.1. The lowest BCUT2D eigenvalue weighted by molar-refractivity contribution is 0.0522. The monoisotopic (exact) mass is 202 g/mol. The Balaban J connectivity index is 3.15. The molecule has 86 valence electrons. The van der Waals surface area contributed by atoms with Gasteiger partial charge in [-0.15, -0.1) is 0 Å². The van der Waals surface area contributed by atoms with Crippen LogP contribution in [0.1, 0.15) is 52.4 Å². The van der Waals surface area contributed by atoms with E-state index in [0.29, 0.717) is 6.10 Å². The lowest BCUT2D eigenvalue weighted by atomic mass is 10.1. The number of methoxy groups -OCH3 is 1. The molecule has 0 aromatic heterocycles. The van der Waals surface area contributed by atoms with Gasteiger partial charge in [-0.05, 0) is 26.2 Å². The van der Waals surface area contributed by atoms with Crippen LogP contribution >= 0.6 is 0 Å². The average Bonchev–Trinajstić information content (AvgIpc) is 2.21. The smallest absolute Gasteiger partial charge is 0.0572 e. The van der Waals surface area contributed by atoms with Crippen LogP contribution in [0.3, 0.4) is 0 Å². The summed E-state index contributed by atoms with van der Waals surface area (Å²) in [6.07, 6.45) is 7.94. The maximum atomic E-state index is 5.59. The van der Waals surface area contributed by atoms with Crippen LogP contribution in [-0.4, -0.2) is 26.4 Å². The first-order chi connectivity index (χ1) is 6.85. The first-order valence-corrected chi connectivity index (χ1v) is 5.95. The van der Waals surface area contributed by atoms with Gasteiger partial charge < -0.3 is 9.47 Å². The zero-order chi connectivity index (χ0) is 10.6. The molecule has 0 amide bonds. The van der Waals surface area contributed by atoms with E-state index in [9.17, 15) is 0 Å². The summed E-state index contributed by atoms with van der Waals surface area (Å²) in [6.45, 7) is 6.03. The molecular weight excluding hydrogens is 176 g/mol. The van der Waals surface area contributed by atoms with Crippen molar-refractivity contribution in [2.24, 2.45) is 0 Å². The highest BCUT2D eigenvalue weighted by atomic mass is 16.5. The minimum atomic E-state index is 0.488. The van der Waals surface area contributed by atoms with E-state index in [0.717, 1.165) is 19.6 Å². The Bertz CT molecular complexity index is 104. The Morgan fingerprint density at radius 3 is 2.29 bits per heavy atom. The van der Waals surface area contributed by atoms with E-state index in [4.69, 9.17) is 9.47 Å². The van der Waals surface area contributed by atoms with Crippen molar-refractivity contribution in [2.45, 2.75) is 58.5 Å². The molecule has 2 nitrogen and oxygen atoms in total. The predicted molar refractivity (Wildman–Crippen MR) is 60.7 cm³/mol. The second kappa shape index (κ2) is 11.0. The summed E-state index contributed by atoms with van der Waals surface area (Å²) in [5, 5.41) is 0. The van der Waals surface area contributed by atoms with Crippen molar-refractivity contribution in [1.29, 1.82) is 0 Å². The van der Waals surface area contributed by atoms with Crippen molar-refractivity contribution in [3.8, 4) is 0 Å². The first kappa shape index (κ1) is 13.9. The molecule has 0 spiro atoms. The Labute approximate surface area is 89.0 Å². The van der Waals surface area contributed by atoms with Crippen LogP contribution in [0.4, 0.5) is 0 Å². The third-order valence-corrected chi connectivity index (χ3v) is 2.48. The molecule has 0 fully saturated rings. The van der Waals surface area contributed by atoms with Crippen molar-refractivity contribution in [3.63, 3.8) is 0 Å². The van der Waals surface area contributed by atoms with Gasteiger partial charge in [0, 0.05) is 20.3 Å². The van der Waals surface area contributed by atoms with Crippen LogP contribution < -0.4 is 0 Å². The molecule has 0 heterocycles. The van der Waals surface area contributed by atoms with Gasteiger partial charge >= 0.3 is 0 Å². The van der Waals surface area contributed by atoms with E-state index in [1.165, 1.54) is 32.1 Å². The summed E-state index contributed by atoms with van der Waals surface area (Å²) in [6, 6.07) is 0. The summed E-state index contributed by atoms with van der Waals surface area (Å²) < 4.78 is 10.6. The molecule has 0 radical (unpaired) electrons. The van der Waals surface area contributed by atoms with Gasteiger partial charge in [-0.3, -0.25) is 0 Å². The lowest BCUT2D eigenvalue weighted by Gasteiger charge is -2.14. The molecule has 0 aliphatic rings. The quantitative estimate of drug-likeness (QED) is 0.505. The molecule has 14 heavy (non-hydrogen) atoms. The van der Waals surface area contributed by atoms with Gasteiger partial charge in [0.15, 0.2) is 0 Å². The topological polar surface area (TPSA) is 18.5 Å². The summed E-state index contributed by atoms with van der Waals surface area (Å²) in [7, 11) is 1.77. The van der Waals surface area contributed by atoms with Gasteiger partial charge in [-0.1, -0.05) is 26.2 Å². The highest BCUT2D eigenvalue weighted by Crippen LogP contribution is 2.10. The molecule has 0 aliphatic heterocycles. The van der Waals surface area contributed by atoms with Crippen molar-refractivity contribution in [2.75, 3.05) is 20.3 Å². The van der Waals surface area contributed by atoms with Crippen molar-refractivity contribution >= 4 is 0 Å². The van der Waals surface area contributed by atoms with Crippen LogP contribution in [0.25, 0.3) is 0 Å². The highest BCUT2D eigenvalue weighted by Gasteiger charge is 2.04. The first-order valence-electron chi connectivity index (χ1n) is 5.95. The summed E-state index contributed by atoms with van der Waals surface area (Å²) in [4.78, 5) is 0. The lowest BCUT2D eigenvalue weighted by Crippen LogP contribution is -2.11. The van der Waals surface area contributed by atoms with Crippen LogP contribution in [0.2, 0.25) is 0 Å². The molecule has 0 aliphatic carbocycles. The predicted octanol–water partition coefficient (Wildman–Crippen LogP) is 3.40. The highest BCUT2D eigenvalue weighted by molar-refractivity contribution is 4.55. The van der Waals surface area contributed by atoms with Gasteiger partial charge in [-0.25, -0.2) is 0 Å². The molecule has 0 N–H and O–H groups in total. The summed E-state index contributed by atoms with van der Waals surface area (Å²) in [5.74, 6) is 0. The van der Waals surface area contributed by atoms with Crippen molar-refractivity contribution < 1.29 is 9.47 Å². The van der Waals surface area contributed by atoms with Gasteiger partial charge in [0.05, 0.1) is 6.10 Å². The van der Waals surface area contributed by atoms with Gasteiger partial charge in [0.25, 0.3) is 0 Å².